The Bertz CT molecular complexity index is 824. The standard InChI is InChI=1S/C19H22N2O5/c1-5-25-15(22)10-14-16(19(24)26-6-2)12(3)17(21(14)4)18(23)13-8-7-9-20-11-13/h7-9,11H,5-6,10H2,1-4H3. The Balaban J connectivity index is 2.57. The fourth-order valence-electron chi connectivity index (χ4n) is 2.88. The highest BCUT2D eigenvalue weighted by atomic mass is 16.5. The van der Waals surface area contributed by atoms with Gasteiger partial charge < -0.3 is 14.0 Å². The molecule has 0 amide bonds. The van der Waals surface area contributed by atoms with E-state index in [1.165, 1.54) is 6.20 Å². The normalized spacial score (nSPS) is 10.5. The van der Waals surface area contributed by atoms with E-state index < -0.39 is 11.9 Å². The largest absolute Gasteiger partial charge is 0.466 e. The predicted molar refractivity (Wildman–Crippen MR) is 94.1 cm³/mol. The van der Waals surface area contributed by atoms with Crippen LogP contribution < -0.4 is 0 Å². The van der Waals surface area contributed by atoms with Gasteiger partial charge in [0, 0.05) is 30.7 Å². The zero-order valence-corrected chi connectivity index (χ0v) is 15.4. The summed E-state index contributed by atoms with van der Waals surface area (Å²) < 4.78 is 11.7. The molecule has 0 aliphatic carbocycles. The lowest BCUT2D eigenvalue weighted by Gasteiger charge is -2.08. The molecule has 0 fully saturated rings. The Kier molecular flexibility index (Phi) is 6.27. The predicted octanol–water partition coefficient (Wildman–Crippen LogP) is 2.24. The summed E-state index contributed by atoms with van der Waals surface area (Å²) in [7, 11) is 1.65. The fourth-order valence-corrected chi connectivity index (χ4v) is 2.88. The van der Waals surface area contributed by atoms with Gasteiger partial charge in [0.25, 0.3) is 0 Å². The zero-order chi connectivity index (χ0) is 19.3. The molecule has 0 atom stereocenters. The van der Waals surface area contributed by atoms with Crippen LogP contribution >= 0.6 is 0 Å². The number of esters is 2. The summed E-state index contributed by atoms with van der Waals surface area (Å²) >= 11 is 0. The summed E-state index contributed by atoms with van der Waals surface area (Å²) in [5.41, 5.74) is 1.81. The maximum absolute atomic E-state index is 12.9. The van der Waals surface area contributed by atoms with Gasteiger partial charge in [-0.2, -0.15) is 0 Å². The maximum Gasteiger partial charge on any atom is 0.340 e. The van der Waals surface area contributed by atoms with E-state index in [4.69, 9.17) is 9.47 Å². The molecule has 0 saturated carbocycles. The molecule has 0 saturated heterocycles. The quantitative estimate of drug-likeness (QED) is 0.557. The van der Waals surface area contributed by atoms with E-state index in [0.29, 0.717) is 22.5 Å². The molecule has 2 aromatic rings. The summed E-state index contributed by atoms with van der Waals surface area (Å²) in [4.78, 5) is 41.3. The minimum atomic E-state index is -0.565. The molecule has 0 N–H and O–H groups in total. The number of rotatable bonds is 7. The van der Waals surface area contributed by atoms with E-state index in [0.717, 1.165) is 0 Å². The second-order valence-corrected chi connectivity index (χ2v) is 5.63. The highest BCUT2D eigenvalue weighted by Crippen LogP contribution is 2.26. The Morgan fingerprint density at radius 2 is 1.85 bits per heavy atom. The number of hydrogen-bond acceptors (Lipinski definition) is 6. The van der Waals surface area contributed by atoms with Crippen molar-refractivity contribution in [3.63, 3.8) is 0 Å². The number of ether oxygens (including phenoxy) is 2. The molecular weight excluding hydrogens is 336 g/mol. The first-order valence-electron chi connectivity index (χ1n) is 8.37. The Morgan fingerprint density at radius 1 is 1.15 bits per heavy atom. The average Bonchev–Trinajstić information content (AvgIpc) is 2.86. The van der Waals surface area contributed by atoms with Gasteiger partial charge in [0.05, 0.1) is 30.9 Å². The van der Waals surface area contributed by atoms with Gasteiger partial charge in [0.2, 0.25) is 5.78 Å². The summed E-state index contributed by atoms with van der Waals surface area (Å²) in [6.07, 6.45) is 2.91. The van der Waals surface area contributed by atoms with Gasteiger partial charge in [-0.1, -0.05) is 0 Å². The number of carbonyl (C=O) groups excluding carboxylic acids is 3. The molecule has 0 aliphatic heterocycles. The van der Waals surface area contributed by atoms with Crippen molar-refractivity contribution in [1.82, 2.24) is 9.55 Å². The van der Waals surface area contributed by atoms with Crippen molar-refractivity contribution in [3.8, 4) is 0 Å². The van der Waals surface area contributed by atoms with Crippen molar-refractivity contribution in [2.24, 2.45) is 7.05 Å². The van der Waals surface area contributed by atoms with Crippen molar-refractivity contribution >= 4 is 17.7 Å². The van der Waals surface area contributed by atoms with E-state index in [1.54, 1.807) is 50.7 Å². The molecule has 0 spiro atoms. The minimum absolute atomic E-state index is 0.125. The Labute approximate surface area is 151 Å². The summed E-state index contributed by atoms with van der Waals surface area (Å²) in [6.45, 7) is 5.50. The van der Waals surface area contributed by atoms with E-state index in [9.17, 15) is 14.4 Å². The van der Waals surface area contributed by atoms with Gasteiger partial charge >= 0.3 is 11.9 Å². The lowest BCUT2D eigenvalue weighted by atomic mass is 10.0. The molecule has 0 aliphatic rings. The fraction of sp³-hybridized carbons (Fsp3) is 0.368. The van der Waals surface area contributed by atoms with Crippen LogP contribution in [-0.4, -0.2) is 40.5 Å². The number of nitrogens with zero attached hydrogens (tertiary/aromatic N) is 2. The van der Waals surface area contributed by atoms with Crippen molar-refractivity contribution in [2.45, 2.75) is 27.2 Å². The van der Waals surface area contributed by atoms with Gasteiger partial charge in [-0.3, -0.25) is 14.6 Å². The molecule has 7 nitrogen and oxygen atoms in total. The second kappa shape index (κ2) is 8.42. The molecule has 0 bridgehead atoms. The molecule has 0 radical (unpaired) electrons. The third-order valence-electron chi connectivity index (χ3n) is 3.99. The second-order valence-electron chi connectivity index (χ2n) is 5.63. The topological polar surface area (TPSA) is 87.5 Å². The van der Waals surface area contributed by atoms with Crippen LogP contribution in [-0.2, 0) is 27.7 Å². The van der Waals surface area contributed by atoms with Gasteiger partial charge in [-0.15, -0.1) is 0 Å². The van der Waals surface area contributed by atoms with Crippen LogP contribution in [0.15, 0.2) is 24.5 Å². The molecule has 138 valence electrons. The van der Waals surface area contributed by atoms with E-state index >= 15 is 0 Å². The zero-order valence-electron chi connectivity index (χ0n) is 15.4. The highest BCUT2D eigenvalue weighted by molar-refractivity contribution is 6.11. The van der Waals surface area contributed by atoms with Gasteiger partial charge in [0.1, 0.15) is 0 Å². The molecule has 26 heavy (non-hydrogen) atoms. The first-order chi connectivity index (χ1) is 12.4. The van der Waals surface area contributed by atoms with Gasteiger partial charge in [0.15, 0.2) is 0 Å². The molecule has 2 heterocycles. The van der Waals surface area contributed by atoms with Crippen LogP contribution in [0, 0.1) is 6.92 Å². The molecule has 0 aromatic carbocycles. The summed E-state index contributed by atoms with van der Waals surface area (Å²) in [5.74, 6) is -1.32. The molecule has 0 unspecified atom stereocenters. The summed E-state index contributed by atoms with van der Waals surface area (Å²) in [5, 5.41) is 0. The number of carbonyl (C=O) groups is 3. The average molecular weight is 358 g/mol. The summed E-state index contributed by atoms with van der Waals surface area (Å²) in [6, 6.07) is 3.31. The number of aromatic nitrogens is 2. The van der Waals surface area contributed by atoms with Crippen LogP contribution in [0.1, 0.15) is 51.5 Å². The van der Waals surface area contributed by atoms with Crippen LogP contribution in [0.25, 0.3) is 0 Å². The van der Waals surface area contributed by atoms with Crippen LogP contribution in [0.2, 0.25) is 0 Å². The molecule has 7 heteroatoms. The smallest absolute Gasteiger partial charge is 0.340 e. The van der Waals surface area contributed by atoms with Crippen molar-refractivity contribution in [2.75, 3.05) is 13.2 Å². The van der Waals surface area contributed by atoms with E-state index in [-0.39, 0.29) is 31.0 Å². The van der Waals surface area contributed by atoms with Crippen molar-refractivity contribution in [1.29, 1.82) is 0 Å². The number of ketones is 1. The van der Waals surface area contributed by atoms with Crippen LogP contribution in [0.3, 0.4) is 0 Å². The Hall–Kier alpha value is -2.96. The third-order valence-corrected chi connectivity index (χ3v) is 3.99. The highest BCUT2D eigenvalue weighted by Gasteiger charge is 2.29. The van der Waals surface area contributed by atoms with Gasteiger partial charge in [-0.25, -0.2) is 4.79 Å². The number of pyridine rings is 1. The minimum Gasteiger partial charge on any atom is -0.466 e. The molecule has 2 aromatic heterocycles. The lowest BCUT2D eigenvalue weighted by molar-refractivity contribution is -0.142. The molecule has 2 rings (SSSR count). The van der Waals surface area contributed by atoms with Crippen LogP contribution in [0.5, 0.6) is 0 Å². The van der Waals surface area contributed by atoms with Crippen LogP contribution in [0.4, 0.5) is 0 Å². The third kappa shape index (κ3) is 3.82. The van der Waals surface area contributed by atoms with E-state index in [2.05, 4.69) is 4.98 Å². The van der Waals surface area contributed by atoms with E-state index in [1.807, 2.05) is 0 Å². The Morgan fingerprint density at radius 3 is 2.42 bits per heavy atom. The SMILES string of the molecule is CCOC(=O)Cc1c(C(=O)OCC)c(C)c(C(=O)c2cccnc2)n1C. The van der Waals surface area contributed by atoms with Gasteiger partial charge in [-0.05, 0) is 38.5 Å². The molecular formula is C19H22N2O5. The maximum atomic E-state index is 12.9. The number of hydrogen-bond donors (Lipinski definition) is 0. The monoisotopic (exact) mass is 358 g/mol. The van der Waals surface area contributed by atoms with Crippen molar-refractivity contribution < 1.29 is 23.9 Å². The first-order valence-corrected chi connectivity index (χ1v) is 8.37. The first kappa shape index (κ1) is 19.4. The lowest BCUT2D eigenvalue weighted by Crippen LogP contribution is -2.16. The van der Waals surface area contributed by atoms with Crippen molar-refractivity contribution in [3.05, 3.63) is 52.6 Å².